The summed E-state index contributed by atoms with van der Waals surface area (Å²) in [4.78, 5) is 16.7. The van der Waals surface area contributed by atoms with Crippen molar-refractivity contribution >= 4 is 17.7 Å². The van der Waals surface area contributed by atoms with Crippen LogP contribution in [0.5, 0.6) is 5.75 Å². The number of nitrogens with zero attached hydrogens (tertiary/aromatic N) is 2. The lowest BCUT2D eigenvalue weighted by Crippen LogP contribution is -2.41. The summed E-state index contributed by atoms with van der Waals surface area (Å²) in [6.45, 7) is 2.23. The van der Waals surface area contributed by atoms with E-state index in [1.54, 1.807) is 13.3 Å². The lowest BCUT2D eigenvalue weighted by Gasteiger charge is -2.29. The molecule has 0 spiro atoms. The molecule has 1 aromatic carbocycles. The second kappa shape index (κ2) is 8.43. The molecule has 0 aliphatic heterocycles. The van der Waals surface area contributed by atoms with E-state index in [1.165, 1.54) is 31.0 Å². The van der Waals surface area contributed by atoms with Gasteiger partial charge in [-0.15, -0.1) is 0 Å². The molecule has 6 heteroatoms. The van der Waals surface area contributed by atoms with Gasteiger partial charge in [0, 0.05) is 24.1 Å². The molecular weight excluding hydrogens is 334 g/mol. The van der Waals surface area contributed by atoms with E-state index in [9.17, 15) is 4.79 Å². The maximum atomic E-state index is 12.3. The van der Waals surface area contributed by atoms with E-state index in [-0.39, 0.29) is 5.91 Å². The van der Waals surface area contributed by atoms with Crippen LogP contribution in [0.15, 0.2) is 41.8 Å². The van der Waals surface area contributed by atoms with Crippen molar-refractivity contribution in [1.82, 2.24) is 14.9 Å². The van der Waals surface area contributed by atoms with Gasteiger partial charge >= 0.3 is 0 Å². The average Bonchev–Trinajstić information content (AvgIpc) is 3.10. The molecule has 1 aliphatic rings. The summed E-state index contributed by atoms with van der Waals surface area (Å²) in [7, 11) is 1.65. The summed E-state index contributed by atoms with van der Waals surface area (Å²) in [5.41, 5.74) is 1.00. The van der Waals surface area contributed by atoms with Gasteiger partial charge in [-0.05, 0) is 43.0 Å². The molecule has 3 rings (SSSR count). The maximum Gasteiger partial charge on any atom is 0.230 e. The third-order valence-corrected chi connectivity index (χ3v) is 5.71. The Labute approximate surface area is 153 Å². The number of methoxy groups -OCH3 is 1. The first-order valence-electron chi connectivity index (χ1n) is 8.77. The van der Waals surface area contributed by atoms with Crippen LogP contribution in [-0.2, 0) is 4.79 Å². The molecule has 134 valence electrons. The highest BCUT2D eigenvalue weighted by Crippen LogP contribution is 2.25. The van der Waals surface area contributed by atoms with E-state index >= 15 is 0 Å². The molecule has 1 saturated carbocycles. The van der Waals surface area contributed by atoms with Crippen LogP contribution in [0.3, 0.4) is 0 Å². The maximum absolute atomic E-state index is 12.3. The normalized spacial score (nSPS) is 20.2. The minimum Gasteiger partial charge on any atom is -0.497 e. The molecule has 2 unspecified atom stereocenters. The zero-order valence-corrected chi connectivity index (χ0v) is 15.6. The van der Waals surface area contributed by atoms with Crippen molar-refractivity contribution in [2.45, 2.75) is 43.8 Å². The summed E-state index contributed by atoms with van der Waals surface area (Å²) in [6, 6.07) is 8.12. The third kappa shape index (κ3) is 4.57. The number of amides is 1. The topological polar surface area (TPSA) is 56.2 Å². The van der Waals surface area contributed by atoms with Crippen LogP contribution in [0.1, 0.15) is 32.6 Å². The standard InChI is InChI=1S/C19H25N3O2S/c1-14-5-3-4-6-17(14)21-18(23)13-25-19-20-11-12-22(19)15-7-9-16(24-2)10-8-15/h7-12,14,17H,3-6,13H2,1-2H3,(H,21,23). The first-order chi connectivity index (χ1) is 12.2. The Morgan fingerprint density at radius 2 is 2.08 bits per heavy atom. The molecule has 5 nitrogen and oxygen atoms in total. The number of carbonyl (C=O) groups excluding carboxylic acids is 1. The Morgan fingerprint density at radius 3 is 2.80 bits per heavy atom. The predicted molar refractivity (Wildman–Crippen MR) is 100 cm³/mol. The molecule has 1 aromatic heterocycles. The molecule has 2 aromatic rings. The Bertz CT molecular complexity index is 699. The summed E-state index contributed by atoms with van der Waals surface area (Å²) in [5.74, 6) is 1.87. The number of rotatable bonds is 6. The molecular formula is C19H25N3O2S. The molecule has 25 heavy (non-hydrogen) atoms. The fraction of sp³-hybridized carbons (Fsp3) is 0.474. The van der Waals surface area contributed by atoms with Gasteiger partial charge in [0.1, 0.15) is 5.75 Å². The second-order valence-corrected chi connectivity index (χ2v) is 7.44. The van der Waals surface area contributed by atoms with Gasteiger partial charge in [-0.1, -0.05) is 31.5 Å². The van der Waals surface area contributed by atoms with Gasteiger partial charge in [0.2, 0.25) is 5.91 Å². The van der Waals surface area contributed by atoms with Crippen LogP contribution in [0, 0.1) is 5.92 Å². The number of thioether (sulfide) groups is 1. The first kappa shape index (κ1) is 17.9. The lowest BCUT2D eigenvalue weighted by atomic mass is 9.86. The van der Waals surface area contributed by atoms with Crippen molar-refractivity contribution in [1.29, 1.82) is 0 Å². The summed E-state index contributed by atoms with van der Waals surface area (Å²) >= 11 is 1.46. The number of nitrogens with one attached hydrogen (secondary N) is 1. The molecule has 0 saturated heterocycles. The number of hydrogen-bond acceptors (Lipinski definition) is 4. The Balaban J connectivity index is 1.58. The van der Waals surface area contributed by atoms with Gasteiger partial charge < -0.3 is 10.1 Å². The molecule has 0 radical (unpaired) electrons. The van der Waals surface area contributed by atoms with E-state index < -0.39 is 0 Å². The summed E-state index contributed by atoms with van der Waals surface area (Å²) < 4.78 is 7.18. The third-order valence-electron chi connectivity index (χ3n) is 4.75. The van der Waals surface area contributed by atoms with Crippen LogP contribution in [-0.4, -0.2) is 34.4 Å². The fourth-order valence-corrected chi connectivity index (χ4v) is 4.03. The van der Waals surface area contributed by atoms with Gasteiger partial charge in [0.15, 0.2) is 5.16 Å². The molecule has 1 fully saturated rings. The number of carbonyl (C=O) groups is 1. The largest absolute Gasteiger partial charge is 0.497 e. The van der Waals surface area contributed by atoms with Gasteiger partial charge in [-0.25, -0.2) is 4.98 Å². The predicted octanol–water partition coefficient (Wildman–Crippen LogP) is 3.67. The highest BCUT2D eigenvalue weighted by molar-refractivity contribution is 7.99. The van der Waals surface area contributed by atoms with Crippen molar-refractivity contribution in [3.05, 3.63) is 36.7 Å². The number of hydrogen-bond donors (Lipinski definition) is 1. The van der Waals surface area contributed by atoms with E-state index in [4.69, 9.17) is 4.74 Å². The molecule has 2 atom stereocenters. The van der Waals surface area contributed by atoms with Crippen LogP contribution in [0.25, 0.3) is 5.69 Å². The van der Waals surface area contributed by atoms with Gasteiger partial charge in [0.25, 0.3) is 0 Å². The minimum absolute atomic E-state index is 0.0908. The molecule has 1 N–H and O–H groups in total. The van der Waals surface area contributed by atoms with Crippen LogP contribution in [0.4, 0.5) is 0 Å². The number of aromatic nitrogens is 2. The van der Waals surface area contributed by atoms with Crippen molar-refractivity contribution in [3.63, 3.8) is 0 Å². The quantitative estimate of drug-likeness (QED) is 0.800. The molecule has 0 bridgehead atoms. The van der Waals surface area contributed by atoms with E-state index in [0.717, 1.165) is 23.0 Å². The lowest BCUT2D eigenvalue weighted by molar-refractivity contribution is -0.119. The van der Waals surface area contributed by atoms with Crippen molar-refractivity contribution in [3.8, 4) is 11.4 Å². The van der Waals surface area contributed by atoms with E-state index in [0.29, 0.717) is 17.7 Å². The van der Waals surface area contributed by atoms with Gasteiger partial charge in [0.05, 0.1) is 12.9 Å². The SMILES string of the molecule is COc1ccc(-n2ccnc2SCC(=O)NC2CCCCC2C)cc1. The smallest absolute Gasteiger partial charge is 0.230 e. The highest BCUT2D eigenvalue weighted by atomic mass is 32.2. The summed E-state index contributed by atoms with van der Waals surface area (Å²) in [6.07, 6.45) is 8.46. The number of ether oxygens (including phenoxy) is 1. The highest BCUT2D eigenvalue weighted by Gasteiger charge is 2.22. The Kier molecular flexibility index (Phi) is 6.02. The Hall–Kier alpha value is -1.95. The minimum atomic E-state index is 0.0908. The Morgan fingerprint density at radius 1 is 1.32 bits per heavy atom. The zero-order valence-electron chi connectivity index (χ0n) is 14.8. The van der Waals surface area contributed by atoms with Crippen LogP contribution in [0.2, 0.25) is 0 Å². The second-order valence-electron chi connectivity index (χ2n) is 6.50. The first-order valence-corrected chi connectivity index (χ1v) is 9.76. The monoisotopic (exact) mass is 359 g/mol. The van der Waals surface area contributed by atoms with Crippen LogP contribution >= 0.6 is 11.8 Å². The average molecular weight is 359 g/mol. The molecule has 1 aliphatic carbocycles. The fourth-order valence-electron chi connectivity index (χ4n) is 3.25. The zero-order chi connectivity index (χ0) is 17.6. The van der Waals surface area contributed by atoms with Gasteiger partial charge in [-0.2, -0.15) is 0 Å². The van der Waals surface area contributed by atoms with Gasteiger partial charge in [-0.3, -0.25) is 9.36 Å². The molecule has 1 amide bonds. The number of imidazole rings is 1. The van der Waals surface area contributed by atoms with Crippen molar-refractivity contribution in [2.24, 2.45) is 5.92 Å². The van der Waals surface area contributed by atoms with E-state index in [2.05, 4.69) is 17.2 Å². The summed E-state index contributed by atoms with van der Waals surface area (Å²) in [5, 5.41) is 4.01. The van der Waals surface area contributed by atoms with E-state index in [1.807, 2.05) is 35.0 Å². The van der Waals surface area contributed by atoms with Crippen molar-refractivity contribution < 1.29 is 9.53 Å². The van der Waals surface area contributed by atoms with Crippen LogP contribution < -0.4 is 10.1 Å². The number of benzene rings is 1. The molecule has 1 heterocycles. The van der Waals surface area contributed by atoms with Crippen molar-refractivity contribution in [2.75, 3.05) is 12.9 Å².